The number of H-pyrrole nitrogens is 1. The van der Waals surface area contributed by atoms with Crippen LogP contribution in [0.4, 0.5) is 0 Å². The van der Waals surface area contributed by atoms with Crippen LogP contribution in [0.1, 0.15) is 30.8 Å². The number of imidazole rings is 1. The van der Waals surface area contributed by atoms with E-state index in [1.54, 1.807) is 0 Å². The number of hydrogen-bond acceptors (Lipinski definition) is 3. The summed E-state index contributed by atoms with van der Waals surface area (Å²) in [6, 6.07) is 6.32. The average molecular weight is 246 g/mol. The smallest absolute Gasteiger partial charge is 0.104 e. The predicted molar refractivity (Wildman–Crippen MR) is 75.5 cm³/mol. The standard InChI is InChI=1S/C14H22N4/c1-4-10(8-16-3)14(15)11-5-6-12-13(7-11)18-9(2)17-12/h5-7,10,14,16H,4,8,15H2,1-3H3,(H,17,18). The Kier molecular flexibility index (Phi) is 3.99. The molecule has 18 heavy (non-hydrogen) atoms. The van der Waals surface area contributed by atoms with Crippen LogP contribution in [0.25, 0.3) is 11.0 Å². The van der Waals surface area contributed by atoms with E-state index in [0.29, 0.717) is 5.92 Å². The van der Waals surface area contributed by atoms with E-state index in [-0.39, 0.29) is 6.04 Å². The molecular weight excluding hydrogens is 224 g/mol. The fourth-order valence-electron chi connectivity index (χ4n) is 2.42. The van der Waals surface area contributed by atoms with Gasteiger partial charge in [0.05, 0.1) is 11.0 Å². The lowest BCUT2D eigenvalue weighted by Gasteiger charge is -2.22. The fourth-order valence-corrected chi connectivity index (χ4v) is 2.42. The van der Waals surface area contributed by atoms with E-state index >= 15 is 0 Å². The van der Waals surface area contributed by atoms with Crippen molar-refractivity contribution in [2.24, 2.45) is 11.7 Å². The number of benzene rings is 1. The molecule has 2 atom stereocenters. The van der Waals surface area contributed by atoms with Gasteiger partial charge in [-0.2, -0.15) is 0 Å². The van der Waals surface area contributed by atoms with Gasteiger partial charge in [-0.25, -0.2) is 4.98 Å². The largest absolute Gasteiger partial charge is 0.342 e. The Balaban J connectivity index is 2.28. The van der Waals surface area contributed by atoms with Crippen molar-refractivity contribution in [2.75, 3.05) is 13.6 Å². The molecular formula is C14H22N4. The Morgan fingerprint density at radius 1 is 1.44 bits per heavy atom. The third-order valence-corrected chi connectivity index (χ3v) is 3.51. The zero-order valence-electron chi connectivity index (χ0n) is 11.3. The summed E-state index contributed by atoms with van der Waals surface area (Å²) in [5.41, 5.74) is 9.61. The second kappa shape index (κ2) is 5.50. The molecule has 1 aromatic carbocycles. The highest BCUT2D eigenvalue weighted by molar-refractivity contribution is 5.76. The van der Waals surface area contributed by atoms with Crippen LogP contribution in [-0.4, -0.2) is 23.6 Å². The van der Waals surface area contributed by atoms with Gasteiger partial charge < -0.3 is 16.0 Å². The lowest BCUT2D eigenvalue weighted by molar-refractivity contribution is 0.403. The molecule has 0 saturated heterocycles. The highest BCUT2D eigenvalue weighted by atomic mass is 14.9. The number of nitrogens with zero attached hydrogens (tertiary/aromatic N) is 1. The molecule has 4 nitrogen and oxygen atoms in total. The molecule has 1 heterocycles. The van der Waals surface area contributed by atoms with E-state index in [2.05, 4.69) is 34.3 Å². The summed E-state index contributed by atoms with van der Waals surface area (Å²) in [5.74, 6) is 1.40. The molecule has 2 aromatic rings. The topological polar surface area (TPSA) is 66.7 Å². The third kappa shape index (κ3) is 2.54. The Labute approximate surface area is 108 Å². The van der Waals surface area contributed by atoms with Crippen LogP contribution in [0.2, 0.25) is 0 Å². The van der Waals surface area contributed by atoms with Crippen molar-refractivity contribution in [3.63, 3.8) is 0 Å². The van der Waals surface area contributed by atoms with Gasteiger partial charge in [0.2, 0.25) is 0 Å². The summed E-state index contributed by atoms with van der Waals surface area (Å²) in [7, 11) is 1.97. The minimum Gasteiger partial charge on any atom is -0.342 e. The van der Waals surface area contributed by atoms with Crippen LogP contribution in [-0.2, 0) is 0 Å². The monoisotopic (exact) mass is 246 g/mol. The first kappa shape index (κ1) is 13.1. The minimum absolute atomic E-state index is 0.0652. The molecule has 0 radical (unpaired) electrons. The zero-order valence-corrected chi connectivity index (χ0v) is 11.3. The van der Waals surface area contributed by atoms with E-state index in [4.69, 9.17) is 5.73 Å². The van der Waals surface area contributed by atoms with E-state index in [0.717, 1.165) is 29.8 Å². The van der Waals surface area contributed by atoms with Crippen molar-refractivity contribution in [2.45, 2.75) is 26.3 Å². The molecule has 1 aromatic heterocycles. The van der Waals surface area contributed by atoms with Gasteiger partial charge in [0.15, 0.2) is 0 Å². The van der Waals surface area contributed by atoms with E-state index in [1.165, 1.54) is 5.56 Å². The molecule has 0 amide bonds. The molecule has 0 aliphatic carbocycles. The summed E-state index contributed by atoms with van der Waals surface area (Å²) in [4.78, 5) is 7.67. The molecule has 2 rings (SSSR count). The van der Waals surface area contributed by atoms with E-state index in [1.807, 2.05) is 20.0 Å². The average Bonchev–Trinajstić information content (AvgIpc) is 2.74. The Morgan fingerprint density at radius 3 is 2.89 bits per heavy atom. The van der Waals surface area contributed by atoms with Gasteiger partial charge in [-0.3, -0.25) is 0 Å². The van der Waals surface area contributed by atoms with Crippen molar-refractivity contribution in [1.82, 2.24) is 15.3 Å². The molecule has 0 aliphatic rings. The van der Waals surface area contributed by atoms with E-state index < -0.39 is 0 Å². The highest BCUT2D eigenvalue weighted by Crippen LogP contribution is 2.24. The highest BCUT2D eigenvalue weighted by Gasteiger charge is 2.17. The van der Waals surface area contributed by atoms with Gasteiger partial charge in [0.25, 0.3) is 0 Å². The van der Waals surface area contributed by atoms with Gasteiger partial charge >= 0.3 is 0 Å². The minimum atomic E-state index is 0.0652. The van der Waals surface area contributed by atoms with Crippen LogP contribution >= 0.6 is 0 Å². The number of aromatic nitrogens is 2. The molecule has 0 bridgehead atoms. The van der Waals surface area contributed by atoms with Gasteiger partial charge in [0.1, 0.15) is 5.82 Å². The molecule has 98 valence electrons. The number of nitrogens with two attached hydrogens (primary N) is 1. The summed E-state index contributed by atoms with van der Waals surface area (Å²) in [6.45, 7) is 5.09. The number of rotatable bonds is 5. The second-order valence-electron chi connectivity index (χ2n) is 4.85. The number of aromatic amines is 1. The van der Waals surface area contributed by atoms with Crippen molar-refractivity contribution in [1.29, 1.82) is 0 Å². The van der Waals surface area contributed by atoms with Gasteiger partial charge in [-0.05, 0) is 44.1 Å². The normalized spacial score (nSPS) is 14.9. The molecule has 2 unspecified atom stereocenters. The SMILES string of the molecule is CCC(CNC)C(N)c1ccc2nc(C)[nH]c2c1. The van der Waals surface area contributed by atoms with Gasteiger partial charge in [-0.1, -0.05) is 19.4 Å². The third-order valence-electron chi connectivity index (χ3n) is 3.51. The molecule has 0 fully saturated rings. The molecule has 0 spiro atoms. The molecule has 0 aliphatic heterocycles. The maximum atomic E-state index is 6.36. The first-order valence-electron chi connectivity index (χ1n) is 6.52. The second-order valence-corrected chi connectivity index (χ2v) is 4.85. The Hall–Kier alpha value is -1.39. The van der Waals surface area contributed by atoms with Crippen LogP contribution in [0.5, 0.6) is 0 Å². The number of nitrogens with one attached hydrogen (secondary N) is 2. The summed E-state index contributed by atoms with van der Waals surface area (Å²) >= 11 is 0. The summed E-state index contributed by atoms with van der Waals surface area (Å²) < 4.78 is 0. The maximum absolute atomic E-state index is 6.36. The van der Waals surface area contributed by atoms with Crippen LogP contribution in [0, 0.1) is 12.8 Å². The van der Waals surface area contributed by atoms with Crippen molar-refractivity contribution >= 4 is 11.0 Å². The first-order valence-corrected chi connectivity index (χ1v) is 6.52. The molecule has 4 N–H and O–H groups in total. The predicted octanol–water partition coefficient (Wildman–Crippen LogP) is 2.12. The maximum Gasteiger partial charge on any atom is 0.104 e. The first-order chi connectivity index (χ1) is 8.65. The van der Waals surface area contributed by atoms with Crippen molar-refractivity contribution in [3.05, 3.63) is 29.6 Å². The summed E-state index contributed by atoms with van der Waals surface area (Å²) in [5, 5.41) is 3.21. The van der Waals surface area contributed by atoms with Crippen molar-refractivity contribution < 1.29 is 0 Å². The van der Waals surface area contributed by atoms with Crippen LogP contribution in [0.15, 0.2) is 18.2 Å². The van der Waals surface area contributed by atoms with Crippen LogP contribution in [0.3, 0.4) is 0 Å². The van der Waals surface area contributed by atoms with Crippen LogP contribution < -0.4 is 11.1 Å². The molecule has 0 saturated carbocycles. The van der Waals surface area contributed by atoms with Gasteiger partial charge in [0, 0.05) is 6.04 Å². The van der Waals surface area contributed by atoms with Gasteiger partial charge in [-0.15, -0.1) is 0 Å². The Morgan fingerprint density at radius 2 is 2.22 bits per heavy atom. The summed E-state index contributed by atoms with van der Waals surface area (Å²) in [6.07, 6.45) is 1.07. The van der Waals surface area contributed by atoms with E-state index in [9.17, 15) is 0 Å². The lowest BCUT2D eigenvalue weighted by Crippen LogP contribution is -2.29. The zero-order chi connectivity index (χ0) is 13.1. The number of aryl methyl sites for hydroxylation is 1. The number of fused-ring (bicyclic) bond motifs is 1. The molecule has 4 heteroatoms. The fraction of sp³-hybridized carbons (Fsp3) is 0.500. The number of hydrogen-bond donors (Lipinski definition) is 3. The quantitative estimate of drug-likeness (QED) is 0.757. The Bertz CT molecular complexity index is 517. The van der Waals surface area contributed by atoms with Crippen molar-refractivity contribution in [3.8, 4) is 0 Å². The lowest BCUT2D eigenvalue weighted by atomic mass is 9.91.